The van der Waals surface area contributed by atoms with Gasteiger partial charge in [0.1, 0.15) is 5.78 Å². The maximum atomic E-state index is 12.2. The van der Waals surface area contributed by atoms with Crippen molar-refractivity contribution < 1.29 is 42.3 Å². The summed E-state index contributed by atoms with van der Waals surface area (Å²) in [5.41, 5.74) is 0.622. The minimum absolute atomic E-state index is 0. The third-order valence-electron chi connectivity index (χ3n) is 3.16. The first-order chi connectivity index (χ1) is 7.70. The van der Waals surface area contributed by atoms with Crippen molar-refractivity contribution in [3.63, 3.8) is 0 Å². The van der Waals surface area contributed by atoms with Gasteiger partial charge >= 0.3 is 0 Å². The second kappa shape index (κ2) is 6.56. The molecule has 0 saturated heterocycles. The van der Waals surface area contributed by atoms with Crippen LogP contribution in [0.4, 0.5) is 0 Å². The molecule has 1 radical (unpaired) electrons. The number of hydrogen-bond acceptors (Lipinski definition) is 2. The normalized spacial score (nSPS) is 23.9. The molecule has 3 heteroatoms. The van der Waals surface area contributed by atoms with E-state index in [-0.39, 0.29) is 50.2 Å². The van der Waals surface area contributed by atoms with E-state index in [1.165, 1.54) is 0 Å². The van der Waals surface area contributed by atoms with Crippen molar-refractivity contribution in [2.45, 2.75) is 19.3 Å². The van der Waals surface area contributed by atoms with Crippen molar-refractivity contribution in [3.8, 4) is 0 Å². The number of carbonyl (C=O) groups excluding carboxylic acids is 2. The van der Waals surface area contributed by atoms with Crippen LogP contribution in [0, 0.1) is 18.8 Å². The predicted octanol–water partition coefficient (Wildman–Crippen LogP) is 2.69. The predicted molar refractivity (Wildman–Crippen MR) is 62.0 cm³/mol. The Bertz CT molecular complexity index is 400. The smallest absolute Gasteiger partial charge is 0.170 e. The topological polar surface area (TPSA) is 34.1 Å². The van der Waals surface area contributed by atoms with Crippen LogP contribution in [0.15, 0.2) is 30.3 Å². The molecule has 2 unspecified atom stereocenters. The van der Waals surface area contributed by atoms with E-state index in [1.54, 1.807) is 12.1 Å². The van der Waals surface area contributed by atoms with Crippen LogP contribution in [-0.4, -0.2) is 11.6 Å². The van der Waals surface area contributed by atoms with Gasteiger partial charge in [-0.15, -0.1) is 0 Å². The van der Waals surface area contributed by atoms with Crippen LogP contribution in [-0.2, 0) is 37.5 Å². The van der Waals surface area contributed by atoms with Crippen LogP contribution in [0.2, 0.25) is 0 Å². The van der Waals surface area contributed by atoms with Crippen LogP contribution in [0.3, 0.4) is 0 Å². The van der Waals surface area contributed by atoms with Gasteiger partial charge in [0.2, 0.25) is 0 Å². The van der Waals surface area contributed by atoms with Crippen LogP contribution < -0.4 is 0 Å². The molecule has 17 heavy (non-hydrogen) atoms. The summed E-state index contributed by atoms with van der Waals surface area (Å²) < 4.78 is 0. The van der Waals surface area contributed by atoms with Gasteiger partial charge in [0.25, 0.3) is 0 Å². The summed E-state index contributed by atoms with van der Waals surface area (Å²) in [4.78, 5) is 23.9. The van der Waals surface area contributed by atoms with Crippen LogP contribution in [0.5, 0.6) is 0 Å². The Morgan fingerprint density at radius 2 is 1.88 bits per heavy atom. The maximum absolute atomic E-state index is 12.2. The maximum Gasteiger partial charge on any atom is 0.170 e. The summed E-state index contributed by atoms with van der Waals surface area (Å²) in [7, 11) is 0. The fraction of sp³-hybridized carbons (Fsp3) is 0.357. The average Bonchev–Trinajstić information content (AvgIpc) is 2.30. The first kappa shape index (κ1) is 14.7. The van der Waals surface area contributed by atoms with Crippen molar-refractivity contribution >= 4 is 11.6 Å². The molecule has 0 heterocycles. The molecule has 2 nitrogen and oxygen atoms in total. The quantitative estimate of drug-likeness (QED) is 0.478. The zero-order chi connectivity index (χ0) is 11.5. The summed E-state index contributed by atoms with van der Waals surface area (Å²) in [5.74, 6) is -0.587. The van der Waals surface area contributed by atoms with E-state index in [0.717, 1.165) is 12.8 Å². The average molecular weight is 304 g/mol. The monoisotopic (exact) mass is 304 g/mol. The molecule has 1 fully saturated rings. The molecule has 1 aromatic rings. The minimum Gasteiger partial charge on any atom is -0.339 e. The fourth-order valence-electron chi connectivity index (χ4n) is 2.27. The van der Waals surface area contributed by atoms with Crippen molar-refractivity contribution in [2.75, 3.05) is 0 Å². The minimum atomic E-state index is -0.517. The Morgan fingerprint density at radius 3 is 2.47 bits per heavy atom. The number of hydrogen-bond donors (Lipinski definition) is 0. The third-order valence-corrected chi connectivity index (χ3v) is 3.16. The Hall–Kier alpha value is -0.336. The number of carbonyl (C=O) groups is 2. The summed E-state index contributed by atoms with van der Waals surface area (Å²) in [5, 5.41) is 0. The summed E-state index contributed by atoms with van der Waals surface area (Å²) in [6.45, 7) is 3.93. The van der Waals surface area contributed by atoms with Gasteiger partial charge in [-0.2, -0.15) is 5.92 Å². The molecule has 87 valence electrons. The van der Waals surface area contributed by atoms with E-state index in [2.05, 4.69) is 6.92 Å². The van der Waals surface area contributed by atoms with Gasteiger partial charge in [-0.3, -0.25) is 9.59 Å². The Morgan fingerprint density at radius 1 is 1.24 bits per heavy atom. The molecule has 0 aliphatic heterocycles. The molecule has 0 N–H and O–H groups in total. The summed E-state index contributed by atoms with van der Waals surface area (Å²) in [6, 6.07) is 9.02. The van der Waals surface area contributed by atoms with Gasteiger partial charge in [0.05, 0.1) is 5.92 Å². The number of benzene rings is 1. The Labute approximate surface area is 127 Å². The molecule has 2 rings (SSSR count). The SMILES string of the molecule is [CH2-]C1CCCC(=O)C1C(=O)c1ccccc1.[Y]. The van der Waals surface area contributed by atoms with Crippen molar-refractivity contribution in [1.29, 1.82) is 0 Å². The number of rotatable bonds is 2. The number of ketones is 2. The fourth-order valence-corrected chi connectivity index (χ4v) is 2.27. The summed E-state index contributed by atoms with van der Waals surface area (Å²) in [6.07, 6.45) is 2.26. The van der Waals surface area contributed by atoms with E-state index >= 15 is 0 Å². The molecule has 1 aliphatic rings. The van der Waals surface area contributed by atoms with E-state index in [9.17, 15) is 9.59 Å². The largest absolute Gasteiger partial charge is 0.339 e. The summed E-state index contributed by atoms with van der Waals surface area (Å²) >= 11 is 0. The van der Waals surface area contributed by atoms with Gasteiger partial charge < -0.3 is 6.92 Å². The Balaban J connectivity index is 0.00000144. The molecule has 0 spiro atoms. The zero-order valence-electron chi connectivity index (χ0n) is 9.76. The van der Waals surface area contributed by atoms with E-state index in [1.807, 2.05) is 18.2 Å². The van der Waals surface area contributed by atoms with Gasteiger partial charge in [0.15, 0.2) is 5.78 Å². The first-order valence-electron chi connectivity index (χ1n) is 5.65. The molecule has 0 aromatic heterocycles. The molecule has 1 aromatic carbocycles. The standard InChI is InChI=1S/C14H15O2.Y/c1-10-6-5-9-12(15)13(10)14(16)11-7-3-2-4-8-11;/h2-4,7-8,10,13H,1,5-6,9H2;/q-1;. The van der Waals surface area contributed by atoms with E-state index in [4.69, 9.17) is 0 Å². The van der Waals surface area contributed by atoms with Crippen molar-refractivity contribution in [3.05, 3.63) is 42.8 Å². The molecule has 1 saturated carbocycles. The van der Waals surface area contributed by atoms with Gasteiger partial charge in [0, 0.05) is 44.7 Å². The van der Waals surface area contributed by atoms with E-state index < -0.39 is 5.92 Å². The van der Waals surface area contributed by atoms with E-state index in [0.29, 0.717) is 12.0 Å². The first-order valence-corrected chi connectivity index (χ1v) is 5.65. The van der Waals surface area contributed by atoms with Gasteiger partial charge in [-0.25, -0.2) is 0 Å². The van der Waals surface area contributed by atoms with Crippen LogP contribution in [0.25, 0.3) is 0 Å². The Kier molecular flexibility index (Phi) is 5.68. The van der Waals surface area contributed by atoms with Gasteiger partial charge in [-0.05, 0) is 6.42 Å². The van der Waals surface area contributed by atoms with Crippen molar-refractivity contribution in [1.82, 2.24) is 0 Å². The zero-order valence-corrected chi connectivity index (χ0v) is 12.6. The molecular weight excluding hydrogens is 289 g/mol. The third kappa shape index (κ3) is 3.32. The van der Waals surface area contributed by atoms with Gasteiger partial charge in [-0.1, -0.05) is 36.8 Å². The molecule has 1 aliphatic carbocycles. The molecular formula is C14H15O2Y-. The second-order valence-corrected chi connectivity index (χ2v) is 4.33. The van der Waals surface area contributed by atoms with Crippen LogP contribution >= 0.6 is 0 Å². The van der Waals surface area contributed by atoms with Crippen molar-refractivity contribution in [2.24, 2.45) is 11.8 Å². The number of Topliss-reactive ketones (excluding diaryl/α,β-unsaturated/α-hetero) is 2. The second-order valence-electron chi connectivity index (χ2n) is 4.33. The van der Waals surface area contributed by atoms with Crippen LogP contribution in [0.1, 0.15) is 29.6 Å². The molecule has 0 bridgehead atoms. The molecule has 0 amide bonds. The molecule has 2 atom stereocenters.